The Morgan fingerprint density at radius 1 is 1.30 bits per heavy atom. The van der Waals surface area contributed by atoms with Gasteiger partial charge in [-0.2, -0.15) is 0 Å². The Hall–Kier alpha value is -2.19. The van der Waals surface area contributed by atoms with Crippen LogP contribution in [0.2, 0.25) is 0 Å². The zero-order valence-corrected chi connectivity index (χ0v) is 16.9. The maximum absolute atomic E-state index is 12.7. The van der Waals surface area contributed by atoms with Crippen LogP contribution in [0, 0.1) is 6.92 Å². The fourth-order valence-corrected chi connectivity index (χ4v) is 4.57. The number of nitrogens with zero attached hydrogens (tertiary/aromatic N) is 4. The second-order valence-corrected chi connectivity index (χ2v) is 8.45. The first-order valence-corrected chi connectivity index (χ1v) is 11.0. The number of aromatic nitrogens is 4. The molecule has 1 atom stereocenters. The van der Waals surface area contributed by atoms with Crippen molar-refractivity contribution in [2.45, 2.75) is 43.7 Å². The molecule has 3 heterocycles. The first-order chi connectivity index (χ1) is 13.2. The van der Waals surface area contributed by atoms with E-state index in [4.69, 9.17) is 0 Å². The number of aryl methyl sites for hydroxylation is 2. The van der Waals surface area contributed by atoms with Crippen LogP contribution < -0.4 is 5.32 Å². The predicted octanol–water partition coefficient (Wildman–Crippen LogP) is 3.57. The second-order valence-electron chi connectivity index (χ2n) is 6.54. The van der Waals surface area contributed by atoms with Crippen molar-refractivity contribution in [3.8, 4) is 11.5 Å². The molecule has 1 aliphatic heterocycles. The van der Waals surface area contributed by atoms with Crippen LogP contribution in [0.15, 0.2) is 34.5 Å². The van der Waals surface area contributed by atoms with Crippen molar-refractivity contribution in [1.82, 2.24) is 25.1 Å². The van der Waals surface area contributed by atoms with Gasteiger partial charge in [-0.05, 0) is 38.2 Å². The molecule has 0 saturated heterocycles. The first-order valence-electron chi connectivity index (χ1n) is 8.94. The van der Waals surface area contributed by atoms with E-state index in [0.717, 1.165) is 58.6 Å². The van der Waals surface area contributed by atoms with Crippen LogP contribution in [-0.4, -0.2) is 38.0 Å². The molecular weight excluding hydrogens is 378 g/mol. The Bertz CT molecular complexity index is 965. The number of hydrogen-bond acceptors (Lipinski definition) is 6. The minimum atomic E-state index is -0.00188. The molecule has 27 heavy (non-hydrogen) atoms. The van der Waals surface area contributed by atoms with Crippen molar-refractivity contribution in [2.75, 3.05) is 6.26 Å². The molecule has 1 aromatic carbocycles. The quantitative estimate of drug-likeness (QED) is 0.679. The van der Waals surface area contributed by atoms with E-state index in [1.54, 1.807) is 23.1 Å². The average molecular weight is 400 g/mol. The minimum absolute atomic E-state index is 0.00188. The summed E-state index contributed by atoms with van der Waals surface area (Å²) in [4.78, 5) is 18.3. The molecular formula is C19H21N5OS2. The third-order valence-corrected chi connectivity index (χ3v) is 6.35. The predicted molar refractivity (Wildman–Crippen MR) is 108 cm³/mol. The standard InChI is InChI=1S/C19H21N5OS2/c1-12-20-15(11-27-12)18-23-22-17-8-7-13(9-10-24(17)18)21-19(25)14-5-3-4-6-16(14)26-2/h3-6,11,13H,7-10H2,1-2H3,(H,21,25). The molecule has 0 fully saturated rings. The lowest BCUT2D eigenvalue weighted by Gasteiger charge is -2.17. The highest BCUT2D eigenvalue weighted by atomic mass is 32.2. The van der Waals surface area contributed by atoms with E-state index in [2.05, 4.69) is 25.1 Å². The van der Waals surface area contributed by atoms with Crippen molar-refractivity contribution < 1.29 is 4.79 Å². The lowest BCUT2D eigenvalue weighted by molar-refractivity contribution is 0.0930. The third-order valence-electron chi connectivity index (χ3n) is 4.78. The molecule has 0 spiro atoms. The van der Waals surface area contributed by atoms with Gasteiger partial charge in [-0.15, -0.1) is 33.3 Å². The van der Waals surface area contributed by atoms with E-state index in [1.807, 2.05) is 42.8 Å². The van der Waals surface area contributed by atoms with Crippen LogP contribution in [0.25, 0.3) is 11.5 Å². The number of rotatable bonds is 4. The van der Waals surface area contributed by atoms with Crippen LogP contribution in [-0.2, 0) is 13.0 Å². The fraction of sp³-hybridized carbons (Fsp3) is 0.368. The number of thioether (sulfide) groups is 1. The highest BCUT2D eigenvalue weighted by Gasteiger charge is 2.23. The minimum Gasteiger partial charge on any atom is -0.349 e. The van der Waals surface area contributed by atoms with Gasteiger partial charge in [-0.3, -0.25) is 4.79 Å². The molecule has 0 radical (unpaired) electrons. The monoisotopic (exact) mass is 399 g/mol. The molecule has 0 saturated carbocycles. The van der Waals surface area contributed by atoms with E-state index < -0.39 is 0 Å². The lowest BCUT2D eigenvalue weighted by atomic mass is 10.1. The van der Waals surface area contributed by atoms with E-state index in [1.165, 1.54) is 0 Å². The first kappa shape index (κ1) is 18.2. The number of nitrogens with one attached hydrogen (secondary N) is 1. The molecule has 1 amide bonds. The number of carbonyl (C=O) groups is 1. The van der Waals surface area contributed by atoms with Crippen LogP contribution >= 0.6 is 23.1 Å². The van der Waals surface area contributed by atoms with Gasteiger partial charge in [0.2, 0.25) is 0 Å². The van der Waals surface area contributed by atoms with Gasteiger partial charge in [0.05, 0.1) is 10.6 Å². The van der Waals surface area contributed by atoms with Crippen LogP contribution in [0.4, 0.5) is 0 Å². The maximum atomic E-state index is 12.7. The van der Waals surface area contributed by atoms with Gasteiger partial charge in [0.15, 0.2) is 5.82 Å². The molecule has 0 bridgehead atoms. The Morgan fingerprint density at radius 3 is 2.93 bits per heavy atom. The van der Waals surface area contributed by atoms with Crippen LogP contribution in [0.5, 0.6) is 0 Å². The summed E-state index contributed by atoms with van der Waals surface area (Å²) < 4.78 is 2.15. The molecule has 8 heteroatoms. The summed E-state index contributed by atoms with van der Waals surface area (Å²) in [5.41, 5.74) is 1.62. The topological polar surface area (TPSA) is 72.7 Å². The van der Waals surface area contributed by atoms with Gasteiger partial charge < -0.3 is 9.88 Å². The van der Waals surface area contributed by atoms with Gasteiger partial charge in [0, 0.05) is 29.3 Å². The smallest absolute Gasteiger partial charge is 0.252 e. The second kappa shape index (κ2) is 7.82. The van der Waals surface area contributed by atoms with E-state index >= 15 is 0 Å². The maximum Gasteiger partial charge on any atom is 0.252 e. The van der Waals surface area contributed by atoms with Crippen LogP contribution in [0.3, 0.4) is 0 Å². The normalized spacial score (nSPS) is 16.6. The van der Waals surface area contributed by atoms with E-state index in [9.17, 15) is 4.79 Å². The summed E-state index contributed by atoms with van der Waals surface area (Å²) in [6.07, 6.45) is 4.51. The zero-order valence-electron chi connectivity index (χ0n) is 15.3. The van der Waals surface area contributed by atoms with Crippen molar-refractivity contribution in [1.29, 1.82) is 0 Å². The van der Waals surface area contributed by atoms with Gasteiger partial charge >= 0.3 is 0 Å². The van der Waals surface area contributed by atoms with Crippen molar-refractivity contribution in [2.24, 2.45) is 0 Å². The largest absolute Gasteiger partial charge is 0.349 e. The van der Waals surface area contributed by atoms with Gasteiger partial charge in [0.1, 0.15) is 11.5 Å². The van der Waals surface area contributed by atoms with Gasteiger partial charge in [0.25, 0.3) is 5.91 Å². The van der Waals surface area contributed by atoms with Crippen molar-refractivity contribution in [3.05, 3.63) is 46.0 Å². The number of hydrogen-bond donors (Lipinski definition) is 1. The van der Waals surface area contributed by atoms with Crippen molar-refractivity contribution >= 4 is 29.0 Å². The molecule has 6 nitrogen and oxygen atoms in total. The summed E-state index contributed by atoms with van der Waals surface area (Å²) >= 11 is 3.21. The molecule has 1 N–H and O–H groups in total. The van der Waals surface area contributed by atoms with Gasteiger partial charge in [-0.1, -0.05) is 12.1 Å². The number of benzene rings is 1. The van der Waals surface area contributed by atoms with E-state index in [-0.39, 0.29) is 11.9 Å². The van der Waals surface area contributed by atoms with Crippen LogP contribution in [0.1, 0.15) is 34.0 Å². The average Bonchev–Trinajstić information content (AvgIpc) is 3.24. The molecule has 0 aliphatic carbocycles. The Morgan fingerprint density at radius 2 is 2.15 bits per heavy atom. The highest BCUT2D eigenvalue weighted by molar-refractivity contribution is 7.98. The van der Waals surface area contributed by atoms with Gasteiger partial charge in [-0.25, -0.2) is 4.98 Å². The third kappa shape index (κ3) is 3.77. The molecule has 2 aromatic heterocycles. The lowest BCUT2D eigenvalue weighted by Crippen LogP contribution is -2.35. The molecule has 4 rings (SSSR count). The Balaban J connectivity index is 1.48. The summed E-state index contributed by atoms with van der Waals surface area (Å²) in [6, 6.07) is 7.86. The number of fused-ring (bicyclic) bond motifs is 1. The number of thiazole rings is 1. The molecule has 1 aliphatic rings. The van der Waals surface area contributed by atoms with E-state index in [0.29, 0.717) is 0 Å². The Kier molecular flexibility index (Phi) is 5.27. The fourth-order valence-electron chi connectivity index (χ4n) is 3.38. The Labute approximate surface area is 166 Å². The van der Waals surface area contributed by atoms with Crippen molar-refractivity contribution in [3.63, 3.8) is 0 Å². The summed E-state index contributed by atoms with van der Waals surface area (Å²) in [5, 5.41) is 15.0. The SMILES string of the molecule is CSc1ccccc1C(=O)NC1CCc2nnc(-c3csc(C)n3)n2CC1. The summed E-state index contributed by atoms with van der Waals surface area (Å²) in [7, 11) is 0. The zero-order chi connectivity index (χ0) is 18.8. The number of amides is 1. The number of carbonyl (C=O) groups excluding carboxylic acids is 1. The summed E-state index contributed by atoms with van der Waals surface area (Å²) in [5.74, 6) is 1.80. The molecule has 3 aromatic rings. The molecule has 140 valence electrons. The highest BCUT2D eigenvalue weighted by Crippen LogP contribution is 2.25. The summed E-state index contributed by atoms with van der Waals surface area (Å²) in [6.45, 7) is 2.77. The molecule has 1 unspecified atom stereocenters.